The third kappa shape index (κ3) is 2.38. The van der Waals surface area contributed by atoms with Gasteiger partial charge in [0.05, 0.1) is 16.6 Å². The van der Waals surface area contributed by atoms with Gasteiger partial charge in [-0.2, -0.15) is 0 Å². The van der Waals surface area contributed by atoms with Gasteiger partial charge in [0.15, 0.2) is 0 Å². The van der Waals surface area contributed by atoms with Crippen molar-refractivity contribution >= 4 is 16.9 Å². The van der Waals surface area contributed by atoms with E-state index < -0.39 is 0 Å². The Morgan fingerprint density at radius 2 is 1.80 bits per heavy atom. The Balaban J connectivity index is 1.83. The van der Waals surface area contributed by atoms with Crippen molar-refractivity contribution in [2.24, 2.45) is 0 Å². The highest BCUT2D eigenvalue weighted by atomic mass is 15.1. The Bertz CT molecular complexity index is 1060. The molecule has 2 aromatic heterocycles. The van der Waals surface area contributed by atoms with Gasteiger partial charge in [-0.25, -0.2) is 9.97 Å². The fourth-order valence-corrected chi connectivity index (χ4v) is 3.39. The Hall–Kier alpha value is -3.14. The molecule has 1 aliphatic carbocycles. The smallest absolute Gasteiger partial charge is 0.149 e. The second kappa shape index (κ2) is 5.45. The first-order chi connectivity index (χ1) is 12.3. The topological polar surface area (TPSA) is 56.7 Å². The van der Waals surface area contributed by atoms with Crippen molar-refractivity contribution in [3.05, 3.63) is 72.4 Å². The number of nitrogen functional groups attached to an aromatic ring is 1. The van der Waals surface area contributed by atoms with Crippen molar-refractivity contribution in [1.82, 2.24) is 14.5 Å². The van der Waals surface area contributed by atoms with E-state index in [9.17, 15) is 0 Å². The van der Waals surface area contributed by atoms with Crippen LogP contribution in [0.4, 0.5) is 5.82 Å². The van der Waals surface area contributed by atoms with E-state index in [0.29, 0.717) is 11.7 Å². The summed E-state index contributed by atoms with van der Waals surface area (Å²) in [6, 6.07) is 20.8. The molecule has 0 atom stereocenters. The predicted octanol–water partition coefficient (Wildman–Crippen LogP) is 4.55. The van der Waals surface area contributed by atoms with Gasteiger partial charge in [0.2, 0.25) is 0 Å². The summed E-state index contributed by atoms with van der Waals surface area (Å²) in [7, 11) is 0. The summed E-state index contributed by atoms with van der Waals surface area (Å²) < 4.78 is 2.19. The van der Waals surface area contributed by atoms with Gasteiger partial charge in [0.25, 0.3) is 0 Å². The Labute approximate surface area is 146 Å². The number of anilines is 1. The highest BCUT2D eigenvalue weighted by molar-refractivity contribution is 5.85. The van der Waals surface area contributed by atoms with Crippen molar-refractivity contribution in [2.45, 2.75) is 18.8 Å². The van der Waals surface area contributed by atoms with Crippen LogP contribution < -0.4 is 5.73 Å². The molecule has 0 aliphatic heterocycles. The van der Waals surface area contributed by atoms with Crippen LogP contribution in [-0.2, 0) is 0 Å². The van der Waals surface area contributed by atoms with Crippen LogP contribution in [-0.4, -0.2) is 14.5 Å². The van der Waals surface area contributed by atoms with Crippen LogP contribution in [0.5, 0.6) is 0 Å². The minimum atomic E-state index is 0.498. The first-order valence-electron chi connectivity index (χ1n) is 8.60. The molecule has 2 aromatic carbocycles. The Morgan fingerprint density at radius 3 is 2.56 bits per heavy atom. The zero-order chi connectivity index (χ0) is 16.8. The van der Waals surface area contributed by atoms with Gasteiger partial charge in [-0.1, -0.05) is 24.3 Å². The quantitative estimate of drug-likeness (QED) is 0.601. The van der Waals surface area contributed by atoms with Crippen LogP contribution in [0.3, 0.4) is 0 Å². The van der Waals surface area contributed by atoms with E-state index in [4.69, 9.17) is 10.7 Å². The summed E-state index contributed by atoms with van der Waals surface area (Å²) in [5, 5.41) is 0. The lowest BCUT2D eigenvalue weighted by Crippen LogP contribution is -2.01. The maximum Gasteiger partial charge on any atom is 0.149 e. The molecule has 1 saturated carbocycles. The summed E-state index contributed by atoms with van der Waals surface area (Å²) in [4.78, 5) is 9.12. The van der Waals surface area contributed by atoms with Gasteiger partial charge in [0.1, 0.15) is 11.6 Å². The minimum Gasteiger partial charge on any atom is -0.383 e. The second-order valence-electron chi connectivity index (χ2n) is 6.56. The van der Waals surface area contributed by atoms with Crippen molar-refractivity contribution in [2.75, 3.05) is 5.73 Å². The van der Waals surface area contributed by atoms with Crippen LogP contribution in [0.2, 0.25) is 0 Å². The van der Waals surface area contributed by atoms with Crippen molar-refractivity contribution < 1.29 is 0 Å². The number of hydrogen-bond acceptors (Lipinski definition) is 3. The SMILES string of the molecule is Nc1ncccc1-c1nc2ccc(C3CC3)cc2n1-c1ccccc1. The molecule has 0 unspecified atom stereocenters. The molecule has 122 valence electrons. The van der Waals surface area contributed by atoms with Crippen molar-refractivity contribution in [3.8, 4) is 17.1 Å². The van der Waals surface area contributed by atoms with E-state index in [1.54, 1.807) is 6.20 Å². The molecule has 4 heteroatoms. The van der Waals surface area contributed by atoms with Crippen LogP contribution in [0.1, 0.15) is 24.3 Å². The first-order valence-corrected chi connectivity index (χ1v) is 8.60. The standard InChI is InChI=1S/C21H18N4/c22-20-17(7-4-12-23-20)21-24-18-11-10-15(14-8-9-14)13-19(18)25(21)16-5-2-1-3-6-16/h1-7,10-14H,8-9H2,(H2,22,23). The molecule has 2 N–H and O–H groups in total. The third-order valence-electron chi connectivity index (χ3n) is 4.82. The lowest BCUT2D eigenvalue weighted by atomic mass is 10.1. The van der Waals surface area contributed by atoms with Crippen LogP contribution in [0.15, 0.2) is 66.9 Å². The third-order valence-corrected chi connectivity index (χ3v) is 4.82. The summed E-state index contributed by atoms with van der Waals surface area (Å²) in [5.74, 6) is 2.03. The fraction of sp³-hybridized carbons (Fsp3) is 0.143. The number of aromatic nitrogens is 3. The average molecular weight is 326 g/mol. The van der Waals surface area contributed by atoms with Gasteiger partial charge < -0.3 is 5.73 Å². The zero-order valence-corrected chi connectivity index (χ0v) is 13.8. The van der Waals surface area contributed by atoms with Crippen LogP contribution in [0.25, 0.3) is 28.1 Å². The van der Waals surface area contributed by atoms with Gasteiger partial charge in [-0.15, -0.1) is 0 Å². The van der Waals surface area contributed by atoms with E-state index in [1.165, 1.54) is 18.4 Å². The molecule has 5 rings (SSSR count). The van der Waals surface area contributed by atoms with E-state index >= 15 is 0 Å². The number of benzene rings is 2. The van der Waals surface area contributed by atoms with Gasteiger partial charge in [-0.05, 0) is 60.7 Å². The molecule has 25 heavy (non-hydrogen) atoms. The normalized spacial score (nSPS) is 14.1. The Kier molecular flexibility index (Phi) is 3.10. The minimum absolute atomic E-state index is 0.498. The highest BCUT2D eigenvalue weighted by Gasteiger charge is 2.25. The lowest BCUT2D eigenvalue weighted by molar-refractivity contribution is 1.09. The number of nitrogens with two attached hydrogens (primary N) is 1. The van der Waals surface area contributed by atoms with E-state index in [-0.39, 0.29) is 0 Å². The number of para-hydroxylation sites is 1. The molecule has 4 nitrogen and oxygen atoms in total. The zero-order valence-electron chi connectivity index (χ0n) is 13.8. The first kappa shape index (κ1) is 14.2. The summed E-state index contributed by atoms with van der Waals surface area (Å²) in [6.07, 6.45) is 4.28. The van der Waals surface area contributed by atoms with E-state index in [0.717, 1.165) is 28.1 Å². The molecule has 0 spiro atoms. The summed E-state index contributed by atoms with van der Waals surface area (Å²) in [6.45, 7) is 0. The summed E-state index contributed by atoms with van der Waals surface area (Å²) in [5.41, 5.74) is 11.6. The number of nitrogens with zero attached hydrogens (tertiary/aromatic N) is 3. The molecule has 2 heterocycles. The molecule has 0 radical (unpaired) electrons. The molecular weight excluding hydrogens is 308 g/mol. The van der Waals surface area contributed by atoms with E-state index in [1.807, 2.05) is 30.3 Å². The van der Waals surface area contributed by atoms with Crippen LogP contribution in [0, 0.1) is 0 Å². The number of fused-ring (bicyclic) bond motifs is 1. The molecule has 1 aliphatic rings. The Morgan fingerprint density at radius 1 is 0.960 bits per heavy atom. The molecular formula is C21H18N4. The maximum atomic E-state index is 6.15. The fourth-order valence-electron chi connectivity index (χ4n) is 3.39. The van der Waals surface area contributed by atoms with Crippen molar-refractivity contribution in [1.29, 1.82) is 0 Å². The molecule has 4 aromatic rings. The second-order valence-corrected chi connectivity index (χ2v) is 6.56. The maximum absolute atomic E-state index is 6.15. The monoisotopic (exact) mass is 326 g/mol. The molecule has 0 amide bonds. The summed E-state index contributed by atoms with van der Waals surface area (Å²) >= 11 is 0. The van der Waals surface area contributed by atoms with Crippen molar-refractivity contribution in [3.63, 3.8) is 0 Å². The van der Waals surface area contributed by atoms with Crippen LogP contribution >= 0.6 is 0 Å². The molecule has 1 fully saturated rings. The van der Waals surface area contributed by atoms with Gasteiger partial charge >= 0.3 is 0 Å². The molecule has 0 saturated heterocycles. The average Bonchev–Trinajstić information content (AvgIpc) is 3.43. The predicted molar refractivity (Wildman–Crippen MR) is 101 cm³/mol. The molecule has 0 bridgehead atoms. The van der Waals surface area contributed by atoms with Gasteiger partial charge in [0, 0.05) is 11.9 Å². The number of pyridine rings is 1. The number of rotatable bonds is 3. The largest absolute Gasteiger partial charge is 0.383 e. The lowest BCUT2D eigenvalue weighted by Gasteiger charge is -2.11. The number of imidazole rings is 1. The van der Waals surface area contributed by atoms with E-state index in [2.05, 4.69) is 39.9 Å². The highest BCUT2D eigenvalue weighted by Crippen LogP contribution is 2.41. The van der Waals surface area contributed by atoms with Gasteiger partial charge in [-0.3, -0.25) is 4.57 Å². The number of hydrogen-bond donors (Lipinski definition) is 1.